The van der Waals surface area contributed by atoms with Crippen molar-refractivity contribution >= 4 is 21.6 Å². The van der Waals surface area contributed by atoms with Gasteiger partial charge in [0, 0.05) is 25.3 Å². The van der Waals surface area contributed by atoms with Crippen LogP contribution in [0.5, 0.6) is 0 Å². The Hall–Kier alpha value is -2.97. The van der Waals surface area contributed by atoms with E-state index in [4.69, 9.17) is 4.42 Å². The van der Waals surface area contributed by atoms with Gasteiger partial charge in [0.25, 0.3) is 5.91 Å². The quantitative estimate of drug-likeness (QED) is 0.728. The minimum absolute atomic E-state index is 0.148. The molecular weight excluding hydrogens is 366 g/mol. The van der Waals surface area contributed by atoms with Crippen molar-refractivity contribution in [1.29, 1.82) is 0 Å². The molecule has 0 aliphatic heterocycles. The summed E-state index contributed by atoms with van der Waals surface area (Å²) < 4.78 is 30.9. The molecule has 3 rings (SSSR count). The van der Waals surface area contributed by atoms with Crippen molar-refractivity contribution in [2.24, 2.45) is 0 Å². The normalized spacial score (nSPS) is 11.6. The number of aryl methyl sites for hydroxylation is 1. The highest BCUT2D eigenvalue weighted by Gasteiger charge is 2.19. The van der Waals surface area contributed by atoms with Gasteiger partial charge in [0.15, 0.2) is 5.69 Å². The average Bonchev–Trinajstić information content (AvgIpc) is 3.04. The molecule has 0 radical (unpaired) electrons. The standard InChI is InChI=1S/C19H19N3O4S/c1-13-17(21-19(26-13)14-7-5-4-6-8-14)18(23)20-15-9-11-16(12-10-15)27(24,25)22(2)3/h4-12H,1-3H3,(H,20,23). The molecule has 27 heavy (non-hydrogen) atoms. The van der Waals surface area contributed by atoms with Crippen molar-refractivity contribution in [3.63, 3.8) is 0 Å². The highest BCUT2D eigenvalue weighted by molar-refractivity contribution is 7.89. The van der Waals surface area contributed by atoms with Gasteiger partial charge in [-0.3, -0.25) is 4.79 Å². The Labute approximate surface area is 157 Å². The van der Waals surface area contributed by atoms with Gasteiger partial charge in [0.1, 0.15) is 5.76 Å². The number of nitrogens with zero attached hydrogens (tertiary/aromatic N) is 2. The summed E-state index contributed by atoms with van der Waals surface area (Å²) in [6.45, 7) is 1.67. The lowest BCUT2D eigenvalue weighted by Gasteiger charge is -2.11. The Bertz CT molecular complexity index is 1060. The van der Waals surface area contributed by atoms with Crippen LogP contribution < -0.4 is 5.32 Å². The predicted molar refractivity (Wildman–Crippen MR) is 102 cm³/mol. The van der Waals surface area contributed by atoms with Crippen LogP contribution in [0.1, 0.15) is 16.2 Å². The minimum atomic E-state index is -3.52. The average molecular weight is 385 g/mol. The number of aromatic nitrogens is 1. The van der Waals surface area contributed by atoms with Crippen molar-refractivity contribution in [2.45, 2.75) is 11.8 Å². The second-order valence-electron chi connectivity index (χ2n) is 6.06. The summed E-state index contributed by atoms with van der Waals surface area (Å²) in [6.07, 6.45) is 0. The highest BCUT2D eigenvalue weighted by atomic mass is 32.2. The van der Waals surface area contributed by atoms with Gasteiger partial charge in [-0.05, 0) is 43.3 Å². The smallest absolute Gasteiger partial charge is 0.277 e. The van der Waals surface area contributed by atoms with Crippen LogP contribution in [0.2, 0.25) is 0 Å². The first-order chi connectivity index (χ1) is 12.8. The van der Waals surface area contributed by atoms with Crippen LogP contribution in [-0.4, -0.2) is 37.7 Å². The molecule has 0 spiro atoms. The number of oxazole rings is 1. The van der Waals surface area contributed by atoms with Gasteiger partial charge in [0.05, 0.1) is 4.90 Å². The lowest BCUT2D eigenvalue weighted by Crippen LogP contribution is -2.22. The number of nitrogens with one attached hydrogen (secondary N) is 1. The van der Waals surface area contributed by atoms with Crippen LogP contribution in [0.3, 0.4) is 0 Å². The molecule has 1 aromatic heterocycles. The molecule has 0 unspecified atom stereocenters. The van der Waals surface area contributed by atoms with Gasteiger partial charge < -0.3 is 9.73 Å². The maximum absolute atomic E-state index is 12.5. The monoisotopic (exact) mass is 385 g/mol. The molecule has 0 saturated carbocycles. The summed E-state index contributed by atoms with van der Waals surface area (Å²) in [5, 5.41) is 2.70. The molecule has 7 nitrogen and oxygen atoms in total. The number of carbonyl (C=O) groups excluding carboxylic acids is 1. The van der Waals surface area contributed by atoms with Gasteiger partial charge in [-0.1, -0.05) is 18.2 Å². The third-order valence-electron chi connectivity index (χ3n) is 3.92. The number of rotatable bonds is 5. The van der Waals surface area contributed by atoms with Gasteiger partial charge in [0.2, 0.25) is 15.9 Å². The molecule has 0 atom stereocenters. The van der Waals surface area contributed by atoms with E-state index in [1.54, 1.807) is 6.92 Å². The summed E-state index contributed by atoms with van der Waals surface area (Å²) in [5.41, 5.74) is 1.41. The zero-order valence-corrected chi connectivity index (χ0v) is 15.9. The number of sulfonamides is 1. The maximum Gasteiger partial charge on any atom is 0.277 e. The van der Waals surface area contributed by atoms with E-state index >= 15 is 0 Å². The van der Waals surface area contributed by atoms with Gasteiger partial charge in [-0.15, -0.1) is 0 Å². The molecule has 3 aromatic rings. The fourth-order valence-corrected chi connectivity index (χ4v) is 3.32. The third-order valence-corrected chi connectivity index (χ3v) is 5.75. The van der Waals surface area contributed by atoms with Gasteiger partial charge in [-0.25, -0.2) is 17.7 Å². The molecule has 0 aliphatic rings. The van der Waals surface area contributed by atoms with E-state index in [9.17, 15) is 13.2 Å². The predicted octanol–water partition coefficient (Wildman–Crippen LogP) is 3.15. The number of benzene rings is 2. The summed E-state index contributed by atoms with van der Waals surface area (Å²) >= 11 is 0. The van der Waals surface area contributed by atoms with Gasteiger partial charge >= 0.3 is 0 Å². The van der Waals surface area contributed by atoms with Crippen molar-refractivity contribution in [3.05, 3.63) is 66.1 Å². The zero-order chi connectivity index (χ0) is 19.6. The number of amides is 1. The first-order valence-corrected chi connectivity index (χ1v) is 9.60. The van der Waals surface area contributed by atoms with Crippen LogP contribution in [-0.2, 0) is 10.0 Å². The molecule has 0 aliphatic carbocycles. The van der Waals surface area contributed by atoms with E-state index in [2.05, 4.69) is 10.3 Å². The second-order valence-corrected chi connectivity index (χ2v) is 8.21. The number of hydrogen-bond acceptors (Lipinski definition) is 5. The summed E-state index contributed by atoms with van der Waals surface area (Å²) in [6, 6.07) is 15.2. The largest absolute Gasteiger partial charge is 0.441 e. The van der Waals surface area contributed by atoms with Crippen molar-refractivity contribution in [3.8, 4) is 11.5 Å². The number of carbonyl (C=O) groups is 1. The fourth-order valence-electron chi connectivity index (χ4n) is 2.42. The Balaban J connectivity index is 1.79. The molecule has 0 bridgehead atoms. The number of anilines is 1. The first-order valence-electron chi connectivity index (χ1n) is 8.16. The van der Waals surface area contributed by atoms with Crippen molar-refractivity contribution in [2.75, 3.05) is 19.4 Å². The van der Waals surface area contributed by atoms with Crippen LogP contribution >= 0.6 is 0 Å². The molecule has 140 valence electrons. The van der Waals surface area contributed by atoms with Gasteiger partial charge in [-0.2, -0.15) is 0 Å². The third kappa shape index (κ3) is 3.91. The van der Waals surface area contributed by atoms with Crippen molar-refractivity contribution < 1.29 is 17.6 Å². The highest BCUT2D eigenvalue weighted by Crippen LogP contribution is 2.22. The van der Waals surface area contributed by atoms with Crippen LogP contribution in [0.15, 0.2) is 63.9 Å². The van der Waals surface area contributed by atoms with E-state index < -0.39 is 15.9 Å². The fraction of sp³-hybridized carbons (Fsp3) is 0.158. The molecule has 8 heteroatoms. The summed E-state index contributed by atoms with van der Waals surface area (Å²) in [5.74, 6) is 0.338. The van der Waals surface area contributed by atoms with E-state index in [-0.39, 0.29) is 10.6 Å². The maximum atomic E-state index is 12.5. The Morgan fingerprint density at radius 3 is 2.26 bits per heavy atom. The minimum Gasteiger partial charge on any atom is -0.441 e. The molecule has 0 fully saturated rings. The van der Waals surface area contributed by atoms with E-state index in [1.165, 1.54) is 38.4 Å². The molecular formula is C19H19N3O4S. The van der Waals surface area contributed by atoms with E-state index in [0.29, 0.717) is 17.3 Å². The lowest BCUT2D eigenvalue weighted by atomic mass is 10.2. The van der Waals surface area contributed by atoms with Crippen molar-refractivity contribution in [1.82, 2.24) is 9.29 Å². The van der Waals surface area contributed by atoms with E-state index in [0.717, 1.165) is 9.87 Å². The SMILES string of the molecule is Cc1oc(-c2ccccc2)nc1C(=O)Nc1ccc(S(=O)(=O)N(C)C)cc1. The second kappa shape index (κ2) is 7.34. The first kappa shape index (κ1) is 18.8. The topological polar surface area (TPSA) is 92.5 Å². The number of hydrogen-bond donors (Lipinski definition) is 1. The van der Waals surface area contributed by atoms with Crippen LogP contribution in [0, 0.1) is 6.92 Å². The molecule has 1 heterocycles. The zero-order valence-electron chi connectivity index (χ0n) is 15.1. The van der Waals surface area contributed by atoms with Crippen LogP contribution in [0.25, 0.3) is 11.5 Å². The Kier molecular flexibility index (Phi) is 5.11. The molecule has 0 saturated heterocycles. The van der Waals surface area contributed by atoms with Crippen LogP contribution in [0.4, 0.5) is 5.69 Å². The summed E-state index contributed by atoms with van der Waals surface area (Å²) in [4.78, 5) is 16.9. The molecule has 1 N–H and O–H groups in total. The Morgan fingerprint density at radius 1 is 1.04 bits per heavy atom. The molecule has 1 amide bonds. The summed E-state index contributed by atoms with van der Waals surface area (Å²) in [7, 11) is -0.593. The van der Waals surface area contributed by atoms with E-state index in [1.807, 2.05) is 30.3 Å². The lowest BCUT2D eigenvalue weighted by molar-refractivity contribution is 0.102. The molecule has 2 aromatic carbocycles. The Morgan fingerprint density at radius 2 is 1.67 bits per heavy atom.